The maximum atomic E-state index is 11.0. The molecular weight excluding hydrogens is 240 g/mol. The number of hydrogen-bond acceptors (Lipinski definition) is 2. The van der Waals surface area contributed by atoms with Crippen LogP contribution in [0.25, 0.3) is 0 Å². The maximum absolute atomic E-state index is 11.0. The van der Waals surface area contributed by atoms with Gasteiger partial charge in [-0.25, -0.2) is 4.79 Å². The first-order valence-electron chi connectivity index (χ1n) is 5.74. The van der Waals surface area contributed by atoms with E-state index >= 15 is 0 Å². The highest BCUT2D eigenvalue weighted by Crippen LogP contribution is 2.24. The number of carboxylic acid groups (broad SMARTS) is 1. The summed E-state index contributed by atoms with van der Waals surface area (Å²) in [6, 6.07) is 4.56. The Bertz CT molecular complexity index is 386. The fraction of sp³-hybridized carbons (Fsp3) is 0.462. The average Bonchev–Trinajstić information content (AvgIpc) is 2.30. The van der Waals surface area contributed by atoms with Crippen LogP contribution in [0.2, 0.25) is 5.02 Å². The molecule has 0 aliphatic heterocycles. The van der Waals surface area contributed by atoms with Crippen LogP contribution in [0.15, 0.2) is 18.2 Å². The number of benzene rings is 1. The summed E-state index contributed by atoms with van der Waals surface area (Å²) in [5.74, 6) is -0.214. The number of hydrogen-bond donors (Lipinski definition) is 1. The second-order valence-corrected chi connectivity index (χ2v) is 4.38. The lowest BCUT2D eigenvalue weighted by atomic mass is 10.1. The summed E-state index contributed by atoms with van der Waals surface area (Å²) in [4.78, 5) is 11.0. The number of aromatic carboxylic acids is 1. The zero-order chi connectivity index (χ0) is 12.8. The lowest BCUT2D eigenvalue weighted by Crippen LogP contribution is -2.12. The standard InChI is InChI=1S/C13H17ClO3/c1-3-9(4-2)8-17-12-7-10(14)5-6-11(12)13(15)16/h5-7,9H,3-4,8H2,1-2H3,(H,15,16). The second-order valence-electron chi connectivity index (χ2n) is 3.94. The molecule has 1 rings (SSSR count). The SMILES string of the molecule is CCC(CC)COc1cc(Cl)ccc1C(=O)O. The van der Waals surface area contributed by atoms with Crippen molar-refractivity contribution < 1.29 is 14.6 Å². The van der Waals surface area contributed by atoms with Gasteiger partial charge in [-0.2, -0.15) is 0 Å². The van der Waals surface area contributed by atoms with Crippen molar-refractivity contribution in [3.8, 4) is 5.75 Å². The van der Waals surface area contributed by atoms with Crippen LogP contribution in [0.1, 0.15) is 37.0 Å². The summed E-state index contributed by atoms with van der Waals surface area (Å²) in [6.45, 7) is 4.70. The molecule has 0 aliphatic carbocycles. The molecule has 94 valence electrons. The van der Waals surface area contributed by atoms with Crippen LogP contribution in [0.4, 0.5) is 0 Å². The van der Waals surface area contributed by atoms with Gasteiger partial charge in [0.25, 0.3) is 0 Å². The van der Waals surface area contributed by atoms with E-state index in [4.69, 9.17) is 21.4 Å². The van der Waals surface area contributed by atoms with Gasteiger partial charge in [-0.05, 0) is 24.1 Å². The van der Waals surface area contributed by atoms with Gasteiger partial charge >= 0.3 is 5.97 Å². The normalized spacial score (nSPS) is 10.6. The second kappa shape index (κ2) is 6.50. The molecule has 0 heterocycles. The van der Waals surface area contributed by atoms with Gasteiger partial charge in [0.2, 0.25) is 0 Å². The van der Waals surface area contributed by atoms with Gasteiger partial charge in [-0.15, -0.1) is 0 Å². The minimum absolute atomic E-state index is 0.153. The highest BCUT2D eigenvalue weighted by Gasteiger charge is 2.13. The van der Waals surface area contributed by atoms with Gasteiger partial charge in [0.1, 0.15) is 11.3 Å². The van der Waals surface area contributed by atoms with E-state index in [1.807, 2.05) is 0 Å². The van der Waals surface area contributed by atoms with Gasteiger partial charge < -0.3 is 9.84 Å². The Morgan fingerprint density at radius 3 is 2.59 bits per heavy atom. The predicted molar refractivity (Wildman–Crippen MR) is 68.0 cm³/mol. The lowest BCUT2D eigenvalue weighted by Gasteiger charge is -2.15. The molecule has 0 saturated heterocycles. The molecule has 0 saturated carbocycles. The highest BCUT2D eigenvalue weighted by atomic mass is 35.5. The third kappa shape index (κ3) is 3.93. The molecule has 0 aliphatic rings. The monoisotopic (exact) mass is 256 g/mol. The topological polar surface area (TPSA) is 46.5 Å². The van der Waals surface area contributed by atoms with Crippen molar-refractivity contribution in [1.82, 2.24) is 0 Å². The zero-order valence-electron chi connectivity index (χ0n) is 10.1. The predicted octanol–water partition coefficient (Wildman–Crippen LogP) is 3.85. The van der Waals surface area contributed by atoms with Crippen LogP contribution in [0, 0.1) is 5.92 Å². The minimum Gasteiger partial charge on any atom is -0.492 e. The van der Waals surface area contributed by atoms with Crippen molar-refractivity contribution in [2.24, 2.45) is 5.92 Å². The molecule has 0 fully saturated rings. The summed E-state index contributed by atoms with van der Waals surface area (Å²) in [5, 5.41) is 9.49. The number of halogens is 1. The summed E-state index contributed by atoms with van der Waals surface area (Å²) in [5.41, 5.74) is 0.153. The van der Waals surface area contributed by atoms with E-state index in [-0.39, 0.29) is 5.56 Å². The van der Waals surface area contributed by atoms with Gasteiger partial charge in [0, 0.05) is 5.02 Å². The van der Waals surface area contributed by atoms with Crippen molar-refractivity contribution in [3.63, 3.8) is 0 Å². The van der Waals surface area contributed by atoms with E-state index < -0.39 is 5.97 Å². The van der Waals surface area contributed by atoms with Gasteiger partial charge in [-0.3, -0.25) is 0 Å². The summed E-state index contributed by atoms with van der Waals surface area (Å²) in [6.07, 6.45) is 2.03. The number of carboxylic acids is 1. The van der Waals surface area contributed by atoms with E-state index in [1.165, 1.54) is 6.07 Å². The Morgan fingerprint density at radius 2 is 2.06 bits per heavy atom. The molecule has 4 heteroatoms. The molecule has 1 aromatic carbocycles. The molecule has 17 heavy (non-hydrogen) atoms. The Kier molecular flexibility index (Phi) is 5.29. The minimum atomic E-state index is -0.999. The molecule has 0 amide bonds. The van der Waals surface area contributed by atoms with Crippen LogP contribution in [0.5, 0.6) is 5.75 Å². The third-order valence-corrected chi connectivity index (χ3v) is 3.04. The molecule has 0 spiro atoms. The van der Waals surface area contributed by atoms with Crippen molar-refractivity contribution in [3.05, 3.63) is 28.8 Å². The smallest absolute Gasteiger partial charge is 0.339 e. The number of ether oxygens (including phenoxy) is 1. The molecule has 1 N–H and O–H groups in total. The van der Waals surface area contributed by atoms with Gasteiger partial charge in [0.05, 0.1) is 6.61 Å². The summed E-state index contributed by atoms with van der Waals surface area (Å²) < 4.78 is 5.56. The highest BCUT2D eigenvalue weighted by molar-refractivity contribution is 6.30. The van der Waals surface area contributed by atoms with Crippen molar-refractivity contribution in [1.29, 1.82) is 0 Å². The van der Waals surface area contributed by atoms with E-state index in [2.05, 4.69) is 13.8 Å². The molecule has 1 aromatic rings. The number of rotatable bonds is 6. The van der Waals surface area contributed by atoms with Crippen molar-refractivity contribution >= 4 is 17.6 Å². The first-order chi connectivity index (χ1) is 8.08. The molecule has 0 radical (unpaired) electrons. The van der Waals surface area contributed by atoms with E-state index in [0.717, 1.165) is 12.8 Å². The number of carbonyl (C=O) groups is 1. The summed E-state index contributed by atoms with van der Waals surface area (Å²) >= 11 is 5.83. The molecule has 0 aromatic heterocycles. The fourth-order valence-corrected chi connectivity index (χ4v) is 1.69. The van der Waals surface area contributed by atoms with Crippen molar-refractivity contribution in [2.45, 2.75) is 26.7 Å². The van der Waals surface area contributed by atoms with Crippen LogP contribution in [-0.4, -0.2) is 17.7 Å². The Balaban J connectivity index is 2.81. The summed E-state index contributed by atoms with van der Waals surface area (Å²) in [7, 11) is 0. The van der Waals surface area contributed by atoms with E-state index in [1.54, 1.807) is 12.1 Å². The van der Waals surface area contributed by atoms with Gasteiger partial charge in [0.15, 0.2) is 0 Å². The first kappa shape index (κ1) is 13.8. The quantitative estimate of drug-likeness (QED) is 0.841. The fourth-order valence-electron chi connectivity index (χ4n) is 1.52. The third-order valence-electron chi connectivity index (χ3n) is 2.80. The zero-order valence-corrected chi connectivity index (χ0v) is 10.8. The Morgan fingerprint density at radius 1 is 1.41 bits per heavy atom. The lowest BCUT2D eigenvalue weighted by molar-refractivity contribution is 0.0691. The molecule has 0 unspecified atom stereocenters. The maximum Gasteiger partial charge on any atom is 0.339 e. The van der Waals surface area contributed by atoms with Crippen LogP contribution in [-0.2, 0) is 0 Å². The first-order valence-corrected chi connectivity index (χ1v) is 6.11. The van der Waals surface area contributed by atoms with Crippen molar-refractivity contribution in [2.75, 3.05) is 6.61 Å². The Labute approximate surface area is 106 Å². The average molecular weight is 257 g/mol. The van der Waals surface area contributed by atoms with Crippen LogP contribution < -0.4 is 4.74 Å². The van der Waals surface area contributed by atoms with Crippen LogP contribution in [0.3, 0.4) is 0 Å². The largest absolute Gasteiger partial charge is 0.492 e. The molecular formula is C13H17ClO3. The van der Waals surface area contributed by atoms with Gasteiger partial charge in [-0.1, -0.05) is 38.3 Å². The van der Waals surface area contributed by atoms with E-state index in [9.17, 15) is 4.79 Å². The molecule has 0 bridgehead atoms. The van der Waals surface area contributed by atoms with E-state index in [0.29, 0.717) is 23.3 Å². The molecule has 0 atom stereocenters. The Hall–Kier alpha value is -1.22. The van der Waals surface area contributed by atoms with Crippen LogP contribution >= 0.6 is 11.6 Å². The molecule has 3 nitrogen and oxygen atoms in total.